The molecule has 0 aromatic carbocycles. The van der Waals surface area contributed by atoms with Gasteiger partial charge in [-0.3, -0.25) is 5.21 Å². The zero-order chi connectivity index (χ0) is 5.28. The van der Waals surface area contributed by atoms with Gasteiger partial charge in [0.05, 0.1) is 12.4 Å². The van der Waals surface area contributed by atoms with Crippen molar-refractivity contribution in [2.75, 3.05) is 0 Å². The van der Waals surface area contributed by atoms with Crippen molar-refractivity contribution in [2.45, 2.75) is 0 Å². The summed E-state index contributed by atoms with van der Waals surface area (Å²) in [7, 11) is 0. The molecule has 1 aliphatic heterocycles. The standard InChI is InChI=1S/C2H5N3OS/c6-4-1-2-5(7)3-4/h1-3,6-7H. The zero-order valence-electron chi connectivity index (χ0n) is 3.44. The number of thiol groups is 1. The highest BCUT2D eigenvalue weighted by molar-refractivity contribution is 7.77. The Morgan fingerprint density at radius 3 is 2.43 bits per heavy atom. The molecule has 0 aliphatic carbocycles. The van der Waals surface area contributed by atoms with Crippen molar-refractivity contribution < 1.29 is 5.21 Å². The summed E-state index contributed by atoms with van der Waals surface area (Å²) in [4.78, 5) is 0. The molecular formula is C2H5N3OS. The number of hydroxylamine groups is 1. The van der Waals surface area contributed by atoms with E-state index in [1.54, 1.807) is 6.20 Å². The van der Waals surface area contributed by atoms with Gasteiger partial charge in [-0.25, -0.2) is 4.41 Å². The largest absolute Gasteiger partial charge is 0.272 e. The Balaban J connectivity index is 2.42. The van der Waals surface area contributed by atoms with Gasteiger partial charge in [0.25, 0.3) is 0 Å². The highest BCUT2D eigenvalue weighted by atomic mass is 32.1. The molecule has 0 aromatic rings. The normalized spacial score (nSPS) is 19.1. The van der Waals surface area contributed by atoms with Crippen LogP contribution in [-0.2, 0) is 0 Å². The Labute approximate surface area is 46.5 Å². The second-order valence-corrected chi connectivity index (χ2v) is 1.52. The Hall–Kier alpha value is -0.390. The van der Waals surface area contributed by atoms with Crippen LogP contribution in [0.1, 0.15) is 0 Å². The van der Waals surface area contributed by atoms with Gasteiger partial charge in [0.15, 0.2) is 0 Å². The summed E-state index contributed by atoms with van der Waals surface area (Å²) in [6.45, 7) is 0. The average molecular weight is 119 g/mol. The third-order valence-electron chi connectivity index (χ3n) is 0.554. The molecule has 2 N–H and O–H groups in total. The van der Waals surface area contributed by atoms with Crippen LogP contribution in [0, 0.1) is 0 Å². The summed E-state index contributed by atoms with van der Waals surface area (Å²) < 4.78 is 1.32. The van der Waals surface area contributed by atoms with E-state index in [1.807, 2.05) is 0 Å². The molecule has 1 aliphatic rings. The Morgan fingerprint density at radius 1 is 1.57 bits per heavy atom. The number of rotatable bonds is 0. The first-order valence-corrected chi connectivity index (χ1v) is 2.10. The molecule has 0 amide bonds. The van der Waals surface area contributed by atoms with Crippen molar-refractivity contribution in [3.8, 4) is 0 Å². The second-order valence-electron chi connectivity index (χ2n) is 1.09. The lowest BCUT2D eigenvalue weighted by Gasteiger charge is -2.09. The number of hydrogen-bond acceptors (Lipinski definition) is 5. The summed E-state index contributed by atoms with van der Waals surface area (Å²) in [5.74, 6) is 0. The van der Waals surface area contributed by atoms with Crippen molar-refractivity contribution in [2.24, 2.45) is 0 Å². The molecule has 0 spiro atoms. The van der Waals surface area contributed by atoms with Gasteiger partial charge in [-0.05, 0) is 12.8 Å². The number of hydrogen-bond donors (Lipinski definition) is 3. The first kappa shape index (κ1) is 4.76. The second kappa shape index (κ2) is 1.61. The van der Waals surface area contributed by atoms with Crippen LogP contribution in [-0.4, -0.2) is 14.8 Å². The van der Waals surface area contributed by atoms with Gasteiger partial charge in [0, 0.05) is 0 Å². The lowest BCUT2D eigenvalue weighted by atomic mass is 11.0. The molecule has 4 nitrogen and oxygen atoms in total. The molecule has 1 heterocycles. The van der Waals surface area contributed by atoms with Crippen LogP contribution >= 0.6 is 12.8 Å². The molecule has 0 radical (unpaired) electrons. The lowest BCUT2D eigenvalue weighted by molar-refractivity contribution is -0.102. The van der Waals surface area contributed by atoms with Gasteiger partial charge < -0.3 is 0 Å². The predicted molar refractivity (Wildman–Crippen MR) is 26.7 cm³/mol. The SMILES string of the molecule is ON1C=CN(S)N1. The average Bonchev–Trinajstić information content (AvgIpc) is 1.87. The molecule has 7 heavy (non-hydrogen) atoms. The van der Waals surface area contributed by atoms with Crippen LogP contribution in [0.5, 0.6) is 0 Å². The summed E-state index contributed by atoms with van der Waals surface area (Å²) in [6, 6.07) is 0. The summed E-state index contributed by atoms with van der Waals surface area (Å²) in [5, 5.41) is 9.24. The van der Waals surface area contributed by atoms with Crippen LogP contribution in [0.25, 0.3) is 0 Å². The highest BCUT2D eigenvalue weighted by Crippen LogP contribution is 1.97. The number of hydrazine groups is 2. The highest BCUT2D eigenvalue weighted by Gasteiger charge is 2.01. The van der Waals surface area contributed by atoms with E-state index in [-0.39, 0.29) is 0 Å². The molecule has 0 atom stereocenters. The minimum absolute atomic E-state index is 0.799. The zero-order valence-corrected chi connectivity index (χ0v) is 4.34. The molecule has 0 aromatic heterocycles. The predicted octanol–water partition coefficient (Wildman–Crippen LogP) is -0.271. The molecular weight excluding hydrogens is 114 g/mol. The molecule has 1 rings (SSSR count). The first-order chi connectivity index (χ1) is 3.29. The molecule has 0 unspecified atom stereocenters. The van der Waals surface area contributed by atoms with E-state index < -0.39 is 0 Å². The van der Waals surface area contributed by atoms with E-state index in [0.29, 0.717) is 0 Å². The fourth-order valence-corrected chi connectivity index (χ4v) is 0.449. The third kappa shape index (κ3) is 0.986. The third-order valence-corrected chi connectivity index (χ3v) is 0.777. The van der Waals surface area contributed by atoms with Crippen LogP contribution in [0.2, 0.25) is 0 Å². The van der Waals surface area contributed by atoms with Gasteiger partial charge in [0.2, 0.25) is 0 Å². The van der Waals surface area contributed by atoms with E-state index in [1.165, 1.54) is 10.6 Å². The minimum Gasteiger partial charge on any atom is -0.272 e. The monoisotopic (exact) mass is 119 g/mol. The molecule has 0 bridgehead atoms. The topological polar surface area (TPSA) is 38.7 Å². The van der Waals surface area contributed by atoms with E-state index in [0.717, 1.165) is 5.17 Å². The quantitative estimate of drug-likeness (QED) is 0.384. The minimum atomic E-state index is 0.799. The Bertz CT molecular complexity index is 84.9. The first-order valence-electron chi connectivity index (χ1n) is 1.70. The Kier molecular flexibility index (Phi) is 1.09. The molecule has 40 valence electrons. The van der Waals surface area contributed by atoms with Gasteiger partial charge in [-0.15, -0.1) is 5.53 Å². The van der Waals surface area contributed by atoms with E-state index >= 15 is 0 Å². The number of nitrogens with zero attached hydrogens (tertiary/aromatic N) is 2. The molecule has 0 saturated heterocycles. The fraction of sp³-hybridized carbons (Fsp3) is 0. The van der Waals surface area contributed by atoms with Crippen LogP contribution < -0.4 is 5.53 Å². The van der Waals surface area contributed by atoms with Crippen molar-refractivity contribution >= 4 is 12.8 Å². The maximum absolute atomic E-state index is 8.44. The van der Waals surface area contributed by atoms with Crippen LogP contribution in [0.3, 0.4) is 0 Å². The van der Waals surface area contributed by atoms with Crippen molar-refractivity contribution in [3.05, 3.63) is 12.4 Å². The van der Waals surface area contributed by atoms with Crippen LogP contribution in [0.15, 0.2) is 12.4 Å². The fourth-order valence-electron chi connectivity index (χ4n) is 0.298. The molecule has 5 heteroatoms. The van der Waals surface area contributed by atoms with Gasteiger partial charge >= 0.3 is 0 Å². The van der Waals surface area contributed by atoms with E-state index in [2.05, 4.69) is 18.3 Å². The van der Waals surface area contributed by atoms with Crippen molar-refractivity contribution in [1.82, 2.24) is 15.1 Å². The van der Waals surface area contributed by atoms with Crippen molar-refractivity contribution in [1.29, 1.82) is 0 Å². The maximum Gasteiger partial charge on any atom is 0.0664 e. The summed E-state index contributed by atoms with van der Waals surface area (Å²) >= 11 is 3.79. The lowest BCUT2D eigenvalue weighted by Crippen LogP contribution is -2.31. The number of nitrogens with one attached hydrogen (secondary N) is 1. The van der Waals surface area contributed by atoms with Crippen molar-refractivity contribution in [3.63, 3.8) is 0 Å². The molecule has 0 fully saturated rings. The van der Waals surface area contributed by atoms with E-state index in [9.17, 15) is 0 Å². The Morgan fingerprint density at radius 2 is 2.29 bits per heavy atom. The van der Waals surface area contributed by atoms with Gasteiger partial charge in [-0.2, -0.15) is 5.17 Å². The summed E-state index contributed by atoms with van der Waals surface area (Å²) in [6.07, 6.45) is 2.98. The maximum atomic E-state index is 8.44. The smallest absolute Gasteiger partial charge is 0.0664 e. The van der Waals surface area contributed by atoms with Gasteiger partial charge in [0.1, 0.15) is 0 Å². The molecule has 0 saturated carbocycles. The van der Waals surface area contributed by atoms with Gasteiger partial charge in [-0.1, -0.05) is 0 Å². The summed E-state index contributed by atoms with van der Waals surface area (Å²) in [5.41, 5.74) is 2.39. The van der Waals surface area contributed by atoms with Crippen LogP contribution in [0.4, 0.5) is 0 Å². The van der Waals surface area contributed by atoms with E-state index in [4.69, 9.17) is 5.21 Å².